The molecule has 1 rings (SSSR count). The minimum Gasteiger partial charge on any atom is -0.300 e. The Morgan fingerprint density at radius 2 is 1.74 bits per heavy atom. The Balaban J connectivity index is 2.42. The molecular weight excluding hydrogens is 437 g/mol. The van der Waals surface area contributed by atoms with Gasteiger partial charge < -0.3 is 4.79 Å². The van der Waals surface area contributed by atoms with Crippen LogP contribution in [-0.2, 0) is 30.1 Å². The highest BCUT2D eigenvalue weighted by atomic mass is 32.2. The van der Waals surface area contributed by atoms with Crippen molar-refractivity contribution < 1.29 is 35.4 Å². The van der Waals surface area contributed by atoms with E-state index in [2.05, 4.69) is 9.66 Å². The summed E-state index contributed by atoms with van der Waals surface area (Å²) in [6.07, 6.45) is 1.97. The van der Waals surface area contributed by atoms with Crippen LogP contribution in [0, 0.1) is 11.3 Å². The van der Waals surface area contributed by atoms with Crippen LogP contribution < -0.4 is 5.48 Å². The van der Waals surface area contributed by atoms with E-state index in [0.717, 1.165) is 44.1 Å². The maximum absolute atomic E-state index is 13.0. The Labute approximate surface area is 180 Å². The summed E-state index contributed by atoms with van der Waals surface area (Å²) in [7, 11) is -3.41. The van der Waals surface area contributed by atoms with Crippen LogP contribution in [0.4, 0.5) is 18.9 Å². The van der Waals surface area contributed by atoms with E-state index >= 15 is 0 Å². The third-order valence-electron chi connectivity index (χ3n) is 4.46. The molecule has 0 spiro atoms. The SMILES string of the molecule is C[C@@](C=O)(CCCCCCCCOS(C)(=O)=O)ONc1ccc(C#N)c(C(F)(F)F)c1. The molecule has 174 valence electrons. The van der Waals surface area contributed by atoms with E-state index in [-0.39, 0.29) is 12.3 Å². The molecule has 0 aliphatic rings. The second-order valence-electron chi connectivity index (χ2n) is 7.40. The van der Waals surface area contributed by atoms with Crippen LogP contribution in [0.5, 0.6) is 0 Å². The number of carbonyl (C=O) groups is 1. The number of nitriles is 1. The first-order chi connectivity index (χ1) is 14.4. The minimum absolute atomic E-state index is 0.0179. The van der Waals surface area contributed by atoms with Crippen LogP contribution >= 0.6 is 0 Å². The van der Waals surface area contributed by atoms with E-state index in [1.807, 2.05) is 0 Å². The van der Waals surface area contributed by atoms with E-state index in [4.69, 9.17) is 10.1 Å². The first-order valence-corrected chi connectivity index (χ1v) is 11.6. The summed E-state index contributed by atoms with van der Waals surface area (Å²) >= 11 is 0. The molecule has 0 bridgehead atoms. The summed E-state index contributed by atoms with van der Waals surface area (Å²) in [5.74, 6) is 0. The minimum atomic E-state index is -4.69. The predicted octanol–water partition coefficient (Wildman–Crippen LogP) is 4.59. The average Bonchev–Trinajstić information content (AvgIpc) is 2.69. The first kappa shape index (κ1) is 26.9. The van der Waals surface area contributed by atoms with Gasteiger partial charge in [-0.1, -0.05) is 32.1 Å². The Kier molecular flexibility index (Phi) is 10.4. The zero-order valence-electron chi connectivity index (χ0n) is 17.5. The van der Waals surface area contributed by atoms with Gasteiger partial charge in [-0.05, 0) is 38.0 Å². The van der Waals surface area contributed by atoms with Crippen molar-refractivity contribution in [2.75, 3.05) is 18.3 Å². The van der Waals surface area contributed by atoms with Crippen LogP contribution in [0.15, 0.2) is 18.2 Å². The Morgan fingerprint density at radius 3 is 2.29 bits per heavy atom. The quantitative estimate of drug-likeness (QED) is 0.186. The van der Waals surface area contributed by atoms with E-state index in [1.165, 1.54) is 19.1 Å². The highest BCUT2D eigenvalue weighted by Gasteiger charge is 2.34. The van der Waals surface area contributed by atoms with Crippen LogP contribution in [0.25, 0.3) is 0 Å². The summed E-state index contributed by atoms with van der Waals surface area (Å²) in [4.78, 5) is 16.8. The summed E-state index contributed by atoms with van der Waals surface area (Å²) in [5.41, 5.74) is -0.446. The van der Waals surface area contributed by atoms with Gasteiger partial charge >= 0.3 is 6.18 Å². The second-order valence-corrected chi connectivity index (χ2v) is 9.05. The van der Waals surface area contributed by atoms with Gasteiger partial charge in [0.1, 0.15) is 5.60 Å². The van der Waals surface area contributed by atoms with Crippen LogP contribution in [0.1, 0.15) is 63.0 Å². The molecule has 0 saturated carbocycles. The lowest BCUT2D eigenvalue weighted by Crippen LogP contribution is -2.33. The second kappa shape index (κ2) is 12.0. The van der Waals surface area contributed by atoms with Crippen molar-refractivity contribution in [1.82, 2.24) is 0 Å². The molecule has 0 aliphatic heterocycles. The van der Waals surface area contributed by atoms with Crippen molar-refractivity contribution in [1.29, 1.82) is 5.26 Å². The van der Waals surface area contributed by atoms with Crippen molar-refractivity contribution in [2.45, 2.75) is 63.6 Å². The lowest BCUT2D eigenvalue weighted by atomic mass is 9.99. The fourth-order valence-electron chi connectivity index (χ4n) is 2.74. The monoisotopic (exact) mass is 464 g/mol. The number of hydrogen-bond donors (Lipinski definition) is 1. The molecule has 0 heterocycles. The van der Waals surface area contributed by atoms with Gasteiger partial charge in [0.25, 0.3) is 10.1 Å². The zero-order valence-corrected chi connectivity index (χ0v) is 18.3. The number of benzene rings is 1. The number of hydrogen-bond acceptors (Lipinski definition) is 7. The molecule has 0 saturated heterocycles. The van der Waals surface area contributed by atoms with Crippen LogP contribution in [-0.4, -0.2) is 33.2 Å². The van der Waals surface area contributed by atoms with Gasteiger partial charge in [-0.25, -0.2) is 0 Å². The van der Waals surface area contributed by atoms with Crippen molar-refractivity contribution >= 4 is 22.1 Å². The van der Waals surface area contributed by atoms with E-state index < -0.39 is 33.0 Å². The molecule has 1 aromatic rings. The molecule has 11 heteroatoms. The van der Waals surface area contributed by atoms with Gasteiger partial charge in [-0.2, -0.15) is 26.9 Å². The Hall–Kier alpha value is -2.16. The van der Waals surface area contributed by atoms with Gasteiger partial charge in [-0.15, -0.1) is 0 Å². The molecular formula is C20H27F3N2O5S. The van der Waals surface area contributed by atoms with E-state index in [9.17, 15) is 26.4 Å². The smallest absolute Gasteiger partial charge is 0.300 e. The molecule has 0 unspecified atom stereocenters. The number of anilines is 1. The number of carbonyl (C=O) groups excluding carboxylic acids is 1. The summed E-state index contributed by atoms with van der Waals surface area (Å²) < 4.78 is 65.4. The lowest BCUT2D eigenvalue weighted by molar-refractivity contribution is -0.137. The topological polar surface area (TPSA) is 105 Å². The normalized spacial score (nSPS) is 13.9. The third-order valence-corrected chi connectivity index (χ3v) is 5.06. The molecule has 0 aliphatic carbocycles. The number of unbranched alkanes of at least 4 members (excludes halogenated alkanes) is 5. The zero-order chi connectivity index (χ0) is 23.5. The third kappa shape index (κ3) is 10.6. The fourth-order valence-corrected chi connectivity index (χ4v) is 3.17. The van der Waals surface area contributed by atoms with Crippen LogP contribution in [0.2, 0.25) is 0 Å². The number of alkyl halides is 3. The number of nitrogens with one attached hydrogen (secondary N) is 1. The number of halogens is 3. The number of nitrogens with zero attached hydrogens (tertiary/aromatic N) is 1. The van der Waals surface area contributed by atoms with Crippen LogP contribution in [0.3, 0.4) is 0 Å². The Bertz CT molecular complexity index is 869. The van der Waals surface area contributed by atoms with E-state index in [0.29, 0.717) is 25.5 Å². The Morgan fingerprint density at radius 1 is 1.13 bits per heavy atom. The molecule has 0 aromatic heterocycles. The molecule has 0 radical (unpaired) electrons. The predicted molar refractivity (Wildman–Crippen MR) is 108 cm³/mol. The van der Waals surface area contributed by atoms with E-state index in [1.54, 1.807) is 0 Å². The molecule has 7 nitrogen and oxygen atoms in total. The summed E-state index contributed by atoms with van der Waals surface area (Å²) in [6.45, 7) is 1.69. The van der Waals surface area contributed by atoms with Gasteiger partial charge in [-0.3, -0.25) is 14.5 Å². The molecule has 1 aromatic carbocycles. The maximum atomic E-state index is 13.0. The summed E-state index contributed by atoms with van der Waals surface area (Å²) in [5, 5.41) is 8.82. The van der Waals surface area contributed by atoms with Gasteiger partial charge in [0, 0.05) is 0 Å². The average molecular weight is 465 g/mol. The highest BCUT2D eigenvalue weighted by Crippen LogP contribution is 2.33. The molecule has 1 N–H and O–H groups in total. The molecule has 0 amide bonds. The van der Waals surface area contributed by atoms with Gasteiger partial charge in [0.2, 0.25) is 0 Å². The number of aldehydes is 1. The lowest BCUT2D eigenvalue weighted by Gasteiger charge is -2.24. The largest absolute Gasteiger partial charge is 0.417 e. The molecule has 0 fully saturated rings. The standard InChI is InChI=1S/C20H27F3N2O5S/c1-19(15-26,11-7-5-3-4-6-8-12-29-31(2,27)28)30-25-17-10-9-16(14-24)18(13-17)20(21,22)23/h9-10,13,15,25H,3-8,11-12H2,1-2H3/t19-/m0/s1. The van der Waals surface area contributed by atoms with Crippen molar-refractivity contribution in [3.05, 3.63) is 29.3 Å². The van der Waals surface area contributed by atoms with Crippen molar-refractivity contribution in [2.24, 2.45) is 0 Å². The fraction of sp³-hybridized carbons (Fsp3) is 0.600. The maximum Gasteiger partial charge on any atom is 0.417 e. The number of rotatable bonds is 14. The van der Waals surface area contributed by atoms with Crippen molar-refractivity contribution in [3.8, 4) is 6.07 Å². The molecule has 31 heavy (non-hydrogen) atoms. The van der Waals surface area contributed by atoms with Gasteiger partial charge in [0.15, 0.2) is 6.29 Å². The summed E-state index contributed by atoms with van der Waals surface area (Å²) in [6, 6.07) is 4.56. The molecule has 1 atom stereocenters. The van der Waals surface area contributed by atoms with Crippen molar-refractivity contribution in [3.63, 3.8) is 0 Å². The first-order valence-electron chi connectivity index (χ1n) is 9.76. The van der Waals surface area contributed by atoms with Gasteiger partial charge in [0.05, 0.1) is 35.7 Å². The highest BCUT2D eigenvalue weighted by molar-refractivity contribution is 7.85.